The van der Waals surface area contributed by atoms with Crippen molar-refractivity contribution in [3.05, 3.63) is 48.3 Å². The topological polar surface area (TPSA) is 72.0 Å². The molecular weight excluding hydrogens is 453 g/mol. The van der Waals surface area contributed by atoms with Gasteiger partial charge in [-0.05, 0) is 49.2 Å². The maximum atomic E-state index is 13.8. The average molecular weight is 478 g/mol. The zero-order chi connectivity index (χ0) is 22.3. The van der Waals surface area contributed by atoms with E-state index in [1.54, 1.807) is 28.6 Å². The Hall–Kier alpha value is -2.27. The normalized spacial score (nSPS) is 21.8. The van der Waals surface area contributed by atoms with Gasteiger partial charge in [0.25, 0.3) is 5.19 Å². The van der Waals surface area contributed by atoms with Crippen LogP contribution >= 0.6 is 11.3 Å². The molecule has 170 valence electrons. The first-order valence-electron chi connectivity index (χ1n) is 10.5. The van der Waals surface area contributed by atoms with Gasteiger partial charge in [-0.25, -0.2) is 17.8 Å². The molecule has 2 saturated heterocycles. The molecule has 10 heteroatoms. The number of ether oxygens (including phenoxy) is 2. The van der Waals surface area contributed by atoms with Gasteiger partial charge in [-0.2, -0.15) is 4.31 Å². The van der Waals surface area contributed by atoms with Crippen LogP contribution in [0.15, 0.2) is 42.5 Å². The molecule has 3 heterocycles. The number of piperazine rings is 1. The summed E-state index contributed by atoms with van der Waals surface area (Å²) in [5, 5.41) is 0.391. The van der Waals surface area contributed by atoms with Crippen molar-refractivity contribution in [3.63, 3.8) is 0 Å². The molecule has 0 N–H and O–H groups in total. The number of aromatic nitrogens is 1. The summed E-state index contributed by atoms with van der Waals surface area (Å²) in [6, 6.07) is 12.6. The molecule has 0 amide bonds. The van der Waals surface area contributed by atoms with Crippen molar-refractivity contribution in [3.8, 4) is 16.7 Å². The van der Waals surface area contributed by atoms with Crippen LogP contribution in [0.25, 0.3) is 10.2 Å². The highest BCUT2D eigenvalue weighted by molar-refractivity contribution is 7.88. The van der Waals surface area contributed by atoms with E-state index in [-0.39, 0.29) is 17.9 Å². The summed E-state index contributed by atoms with van der Waals surface area (Å²) in [6.07, 6.45) is 3.34. The quantitative estimate of drug-likeness (QED) is 0.517. The lowest BCUT2D eigenvalue weighted by atomic mass is 10.2. The maximum Gasteiger partial charge on any atom is 0.279 e. The van der Waals surface area contributed by atoms with E-state index in [2.05, 4.69) is 9.88 Å². The number of nitrogens with zero attached hydrogens (tertiary/aromatic N) is 3. The molecule has 0 radical (unpaired) electrons. The van der Waals surface area contributed by atoms with Gasteiger partial charge >= 0.3 is 0 Å². The molecule has 32 heavy (non-hydrogen) atoms. The van der Waals surface area contributed by atoms with Gasteiger partial charge in [0.15, 0.2) is 0 Å². The molecule has 3 aromatic rings. The largest absolute Gasteiger partial charge is 0.492 e. The highest BCUT2D eigenvalue weighted by atomic mass is 32.2. The Morgan fingerprint density at radius 2 is 1.78 bits per heavy atom. The van der Waals surface area contributed by atoms with Crippen molar-refractivity contribution < 1.29 is 22.3 Å². The molecule has 2 bridgehead atoms. The van der Waals surface area contributed by atoms with Gasteiger partial charge in [0.2, 0.25) is 10.0 Å². The molecule has 0 saturated carbocycles. The van der Waals surface area contributed by atoms with Crippen molar-refractivity contribution in [1.29, 1.82) is 0 Å². The molecule has 2 fully saturated rings. The lowest BCUT2D eigenvalue weighted by molar-refractivity contribution is 0.0930. The number of benzene rings is 2. The number of fused-ring (bicyclic) bond motifs is 3. The number of hydrogen-bond acceptors (Lipinski definition) is 7. The predicted octanol–water partition coefficient (Wildman–Crippen LogP) is 3.71. The smallest absolute Gasteiger partial charge is 0.279 e. The van der Waals surface area contributed by atoms with Crippen molar-refractivity contribution in [1.82, 2.24) is 14.2 Å². The van der Waals surface area contributed by atoms with Crippen molar-refractivity contribution in [2.45, 2.75) is 24.9 Å². The zero-order valence-corrected chi connectivity index (χ0v) is 19.2. The highest BCUT2D eigenvalue weighted by Crippen LogP contribution is 2.33. The van der Waals surface area contributed by atoms with Gasteiger partial charge in [-0.3, -0.25) is 4.90 Å². The Kier molecular flexibility index (Phi) is 5.79. The van der Waals surface area contributed by atoms with E-state index in [4.69, 9.17) is 9.47 Å². The number of halogens is 1. The van der Waals surface area contributed by atoms with Crippen LogP contribution in [0.5, 0.6) is 16.7 Å². The van der Waals surface area contributed by atoms with Crippen LogP contribution in [0.4, 0.5) is 4.39 Å². The maximum absolute atomic E-state index is 13.8. The number of sulfonamides is 1. The first-order chi connectivity index (χ1) is 15.4. The van der Waals surface area contributed by atoms with E-state index in [0.717, 1.165) is 25.1 Å². The minimum absolute atomic E-state index is 0.265. The van der Waals surface area contributed by atoms with E-state index in [0.29, 0.717) is 40.9 Å². The molecule has 5 rings (SSSR count). The van der Waals surface area contributed by atoms with Gasteiger partial charge in [0.1, 0.15) is 23.9 Å². The average Bonchev–Trinajstić information content (AvgIpc) is 3.25. The van der Waals surface area contributed by atoms with Gasteiger partial charge in [-0.15, -0.1) is 0 Å². The van der Waals surface area contributed by atoms with E-state index in [1.165, 1.54) is 23.7 Å². The summed E-state index contributed by atoms with van der Waals surface area (Å²) in [5.41, 5.74) is 0.580. The molecule has 2 unspecified atom stereocenters. The van der Waals surface area contributed by atoms with Crippen molar-refractivity contribution in [2.75, 3.05) is 32.5 Å². The van der Waals surface area contributed by atoms with E-state index in [1.807, 2.05) is 12.1 Å². The Morgan fingerprint density at radius 1 is 1.09 bits per heavy atom. The van der Waals surface area contributed by atoms with E-state index in [9.17, 15) is 12.8 Å². The third-order valence-electron chi connectivity index (χ3n) is 6.06. The van der Waals surface area contributed by atoms with E-state index < -0.39 is 10.0 Å². The first-order valence-corrected chi connectivity index (χ1v) is 13.2. The SMILES string of the molecule is CS(=O)(=O)N1CC2CCC(C1)N2CCOc1ccc(Oc2nc3cccc(F)c3s2)cc1. The minimum atomic E-state index is -3.13. The molecule has 2 atom stereocenters. The number of rotatable bonds is 7. The second-order valence-corrected chi connectivity index (χ2v) is 11.1. The van der Waals surface area contributed by atoms with Crippen LogP contribution in [0.3, 0.4) is 0 Å². The summed E-state index contributed by atoms with van der Waals surface area (Å²) in [6.45, 7) is 2.43. The lowest BCUT2D eigenvalue weighted by Gasteiger charge is -2.39. The summed E-state index contributed by atoms with van der Waals surface area (Å²) >= 11 is 1.17. The summed E-state index contributed by atoms with van der Waals surface area (Å²) < 4.78 is 51.3. The standard InChI is InChI=1S/C22H24FN3O4S2/c1-32(27,28)25-13-15-5-6-16(14-25)26(15)11-12-29-17-7-9-18(10-8-17)30-22-24-20-4-2-3-19(23)21(20)31-22/h2-4,7-10,15-16H,5-6,11-14H2,1H3. The van der Waals surface area contributed by atoms with Crippen LogP contribution < -0.4 is 9.47 Å². The minimum Gasteiger partial charge on any atom is -0.492 e. The Labute approximate surface area is 190 Å². The van der Waals surface area contributed by atoms with Crippen molar-refractivity contribution >= 4 is 31.6 Å². The second kappa shape index (κ2) is 8.58. The highest BCUT2D eigenvalue weighted by Gasteiger charge is 2.42. The van der Waals surface area contributed by atoms with Crippen molar-refractivity contribution in [2.24, 2.45) is 0 Å². The summed E-state index contributed by atoms with van der Waals surface area (Å²) in [7, 11) is -3.13. The molecule has 2 aromatic carbocycles. The third-order valence-corrected chi connectivity index (χ3v) is 8.26. The zero-order valence-electron chi connectivity index (χ0n) is 17.6. The third kappa shape index (κ3) is 4.45. The van der Waals surface area contributed by atoms with Gasteiger partial charge in [0, 0.05) is 31.7 Å². The Morgan fingerprint density at radius 3 is 2.44 bits per heavy atom. The Bertz CT molecular complexity index is 1200. The van der Waals surface area contributed by atoms with Gasteiger partial charge in [-0.1, -0.05) is 17.4 Å². The fourth-order valence-corrected chi connectivity index (χ4v) is 6.23. The first kappa shape index (κ1) is 21.6. The predicted molar refractivity (Wildman–Crippen MR) is 122 cm³/mol. The second-order valence-electron chi connectivity index (χ2n) is 8.19. The summed E-state index contributed by atoms with van der Waals surface area (Å²) in [4.78, 5) is 6.69. The van der Waals surface area contributed by atoms with Crippen LogP contribution in [0.2, 0.25) is 0 Å². The summed E-state index contributed by atoms with van der Waals surface area (Å²) in [5.74, 6) is 1.03. The van der Waals surface area contributed by atoms with Crippen LogP contribution in [0.1, 0.15) is 12.8 Å². The molecule has 1 aromatic heterocycles. The van der Waals surface area contributed by atoms with Crippen LogP contribution in [-0.2, 0) is 10.0 Å². The lowest BCUT2D eigenvalue weighted by Crippen LogP contribution is -2.55. The fraction of sp³-hybridized carbons (Fsp3) is 0.409. The fourth-order valence-electron chi connectivity index (χ4n) is 4.50. The molecule has 7 nitrogen and oxygen atoms in total. The molecule has 0 aliphatic carbocycles. The van der Waals surface area contributed by atoms with Gasteiger partial charge < -0.3 is 9.47 Å². The Balaban J connectivity index is 1.14. The number of hydrogen-bond donors (Lipinski definition) is 0. The van der Waals surface area contributed by atoms with Crippen LogP contribution in [0, 0.1) is 5.82 Å². The monoisotopic (exact) mass is 477 g/mol. The number of thiazole rings is 1. The molecular formula is C22H24FN3O4S2. The van der Waals surface area contributed by atoms with Gasteiger partial charge in [0.05, 0.1) is 16.5 Å². The van der Waals surface area contributed by atoms with Crippen LogP contribution in [-0.4, -0.2) is 67.2 Å². The molecule has 2 aliphatic rings. The molecule has 2 aliphatic heterocycles. The molecule has 0 spiro atoms. The van der Waals surface area contributed by atoms with E-state index >= 15 is 0 Å².